The molecule has 0 radical (unpaired) electrons. The lowest BCUT2D eigenvalue weighted by Crippen LogP contribution is -2.34. The van der Waals surface area contributed by atoms with Gasteiger partial charge in [0.05, 0.1) is 12.2 Å². The maximum atomic E-state index is 12.0. The Morgan fingerprint density at radius 3 is 2.72 bits per heavy atom. The van der Waals surface area contributed by atoms with Gasteiger partial charge in [-0.3, -0.25) is 9.48 Å². The van der Waals surface area contributed by atoms with Crippen molar-refractivity contribution < 1.29 is 4.79 Å². The molecule has 1 aromatic heterocycles. The molecular formula is C13H20N4O. The predicted octanol–water partition coefficient (Wildman–Crippen LogP) is 1.23. The molecule has 2 unspecified atom stereocenters. The average Bonchev–Trinajstić information content (AvgIpc) is 2.92. The van der Waals surface area contributed by atoms with Gasteiger partial charge in [-0.2, -0.15) is 5.10 Å². The second-order valence-electron chi connectivity index (χ2n) is 5.69. The molecule has 18 heavy (non-hydrogen) atoms. The van der Waals surface area contributed by atoms with Crippen molar-refractivity contribution in [2.45, 2.75) is 57.3 Å². The Morgan fingerprint density at radius 2 is 2.17 bits per heavy atom. The number of nitrogens with two attached hydrogens (primary N) is 1. The fourth-order valence-corrected chi connectivity index (χ4v) is 2.76. The highest BCUT2D eigenvalue weighted by molar-refractivity contribution is 5.81. The van der Waals surface area contributed by atoms with Gasteiger partial charge in [0, 0.05) is 36.3 Å². The molecule has 98 valence electrons. The van der Waals surface area contributed by atoms with E-state index < -0.39 is 0 Å². The zero-order valence-corrected chi connectivity index (χ0v) is 10.9. The highest BCUT2D eigenvalue weighted by Crippen LogP contribution is 2.41. The molecule has 2 fully saturated rings. The Kier molecular flexibility index (Phi) is 2.66. The van der Waals surface area contributed by atoms with Crippen LogP contribution in [0.25, 0.3) is 0 Å². The van der Waals surface area contributed by atoms with Crippen LogP contribution in [-0.4, -0.2) is 32.7 Å². The summed E-state index contributed by atoms with van der Waals surface area (Å²) >= 11 is 0. The van der Waals surface area contributed by atoms with Gasteiger partial charge in [0.25, 0.3) is 0 Å². The molecular weight excluding hydrogens is 228 g/mol. The van der Waals surface area contributed by atoms with Crippen molar-refractivity contribution in [3.05, 3.63) is 18.0 Å². The number of amides is 1. The molecule has 5 nitrogen and oxygen atoms in total. The largest absolute Gasteiger partial charge is 0.331 e. The summed E-state index contributed by atoms with van der Waals surface area (Å²) in [5.41, 5.74) is 7.22. The number of hydrogen-bond acceptors (Lipinski definition) is 3. The summed E-state index contributed by atoms with van der Waals surface area (Å²) in [6.07, 6.45) is 6.59. The summed E-state index contributed by atoms with van der Waals surface area (Å²) in [7, 11) is 0. The minimum Gasteiger partial charge on any atom is -0.331 e. The van der Waals surface area contributed by atoms with E-state index >= 15 is 0 Å². The molecule has 1 saturated carbocycles. The Balaban J connectivity index is 1.90. The lowest BCUT2D eigenvalue weighted by Gasteiger charge is -2.25. The van der Waals surface area contributed by atoms with Crippen LogP contribution in [0.2, 0.25) is 0 Å². The molecule has 2 N–H and O–H groups in total. The number of hydrogen-bond donors (Lipinski definition) is 1. The van der Waals surface area contributed by atoms with Crippen LogP contribution in [0, 0.1) is 0 Å². The first-order chi connectivity index (χ1) is 8.58. The summed E-state index contributed by atoms with van der Waals surface area (Å²) < 4.78 is 1.93. The highest BCUT2D eigenvalue weighted by atomic mass is 16.2. The number of rotatable bonds is 3. The third kappa shape index (κ3) is 1.82. The SMILES string of the molecule is CC(C)n1cc(C2C(N)CC(=O)N2C2CC2)cn1. The van der Waals surface area contributed by atoms with Gasteiger partial charge in [0.2, 0.25) is 5.91 Å². The first kappa shape index (κ1) is 11.7. The highest BCUT2D eigenvalue weighted by Gasteiger charge is 2.46. The number of carbonyl (C=O) groups is 1. The van der Waals surface area contributed by atoms with Gasteiger partial charge in [-0.15, -0.1) is 0 Å². The zero-order valence-electron chi connectivity index (χ0n) is 10.9. The smallest absolute Gasteiger partial charge is 0.225 e. The van der Waals surface area contributed by atoms with Gasteiger partial charge >= 0.3 is 0 Å². The first-order valence-corrected chi connectivity index (χ1v) is 6.68. The fraction of sp³-hybridized carbons (Fsp3) is 0.692. The molecule has 0 spiro atoms. The van der Waals surface area contributed by atoms with E-state index in [-0.39, 0.29) is 18.0 Å². The van der Waals surface area contributed by atoms with Crippen LogP contribution in [0.4, 0.5) is 0 Å². The maximum Gasteiger partial charge on any atom is 0.225 e. The van der Waals surface area contributed by atoms with Crippen LogP contribution >= 0.6 is 0 Å². The van der Waals surface area contributed by atoms with Gasteiger partial charge in [0.15, 0.2) is 0 Å². The topological polar surface area (TPSA) is 64.2 Å². The van der Waals surface area contributed by atoms with Crippen LogP contribution in [0.1, 0.15) is 50.8 Å². The monoisotopic (exact) mass is 248 g/mol. The van der Waals surface area contributed by atoms with E-state index in [1.807, 2.05) is 22.0 Å². The van der Waals surface area contributed by atoms with E-state index in [9.17, 15) is 4.79 Å². The van der Waals surface area contributed by atoms with Gasteiger partial charge in [-0.25, -0.2) is 0 Å². The minimum absolute atomic E-state index is 0.0255. The van der Waals surface area contributed by atoms with Crippen LogP contribution in [-0.2, 0) is 4.79 Å². The second-order valence-corrected chi connectivity index (χ2v) is 5.69. The Labute approximate surface area is 107 Å². The quantitative estimate of drug-likeness (QED) is 0.875. The molecule has 3 rings (SSSR count). The summed E-state index contributed by atoms with van der Waals surface area (Å²) in [4.78, 5) is 14.0. The molecule has 1 aliphatic heterocycles. The molecule has 1 aromatic rings. The van der Waals surface area contributed by atoms with Crippen molar-refractivity contribution in [2.24, 2.45) is 5.73 Å². The van der Waals surface area contributed by atoms with Crippen molar-refractivity contribution in [3.8, 4) is 0 Å². The molecule has 1 saturated heterocycles. The molecule has 1 amide bonds. The Bertz CT molecular complexity index is 463. The van der Waals surface area contributed by atoms with Gasteiger partial charge in [0.1, 0.15) is 0 Å². The second kappa shape index (κ2) is 4.09. The summed E-state index contributed by atoms with van der Waals surface area (Å²) in [5, 5.41) is 4.36. The van der Waals surface area contributed by atoms with Crippen LogP contribution in [0.3, 0.4) is 0 Å². The van der Waals surface area contributed by atoms with E-state index in [1.165, 1.54) is 0 Å². The average molecular weight is 248 g/mol. The van der Waals surface area contributed by atoms with Crippen molar-refractivity contribution in [1.29, 1.82) is 0 Å². The van der Waals surface area contributed by atoms with Gasteiger partial charge in [-0.05, 0) is 26.7 Å². The van der Waals surface area contributed by atoms with E-state index in [0.717, 1.165) is 18.4 Å². The molecule has 0 aromatic carbocycles. The third-order valence-corrected chi connectivity index (χ3v) is 3.84. The molecule has 1 aliphatic carbocycles. The number of carbonyl (C=O) groups excluding carboxylic acids is 1. The normalized spacial score (nSPS) is 28.4. The lowest BCUT2D eigenvalue weighted by atomic mass is 10.0. The van der Waals surface area contributed by atoms with Crippen molar-refractivity contribution in [2.75, 3.05) is 0 Å². The molecule has 2 heterocycles. The summed E-state index contributed by atoms with van der Waals surface area (Å²) in [6.45, 7) is 4.18. The number of nitrogens with zero attached hydrogens (tertiary/aromatic N) is 3. The van der Waals surface area contributed by atoms with E-state index in [1.54, 1.807) is 0 Å². The summed E-state index contributed by atoms with van der Waals surface area (Å²) in [5.74, 6) is 0.201. The molecule has 0 bridgehead atoms. The maximum absolute atomic E-state index is 12.0. The Morgan fingerprint density at radius 1 is 1.44 bits per heavy atom. The van der Waals surface area contributed by atoms with Crippen LogP contribution < -0.4 is 5.73 Å². The lowest BCUT2D eigenvalue weighted by molar-refractivity contribution is -0.129. The van der Waals surface area contributed by atoms with Gasteiger partial charge < -0.3 is 10.6 Å². The standard InChI is InChI=1S/C13H20N4O/c1-8(2)16-7-9(6-15-16)13-11(14)5-12(18)17(13)10-3-4-10/h6-8,10-11,13H,3-5,14H2,1-2H3. The molecule has 2 aliphatic rings. The van der Waals surface area contributed by atoms with Crippen LogP contribution in [0.5, 0.6) is 0 Å². The van der Waals surface area contributed by atoms with Gasteiger partial charge in [-0.1, -0.05) is 0 Å². The zero-order chi connectivity index (χ0) is 12.9. The van der Waals surface area contributed by atoms with Crippen LogP contribution in [0.15, 0.2) is 12.4 Å². The van der Waals surface area contributed by atoms with Crippen molar-refractivity contribution in [3.63, 3.8) is 0 Å². The van der Waals surface area contributed by atoms with Crippen molar-refractivity contribution in [1.82, 2.24) is 14.7 Å². The Hall–Kier alpha value is -1.36. The number of likely N-dealkylation sites (tertiary alicyclic amines) is 1. The van der Waals surface area contributed by atoms with E-state index in [4.69, 9.17) is 5.73 Å². The van der Waals surface area contributed by atoms with E-state index in [0.29, 0.717) is 18.5 Å². The molecule has 2 atom stereocenters. The first-order valence-electron chi connectivity index (χ1n) is 6.68. The van der Waals surface area contributed by atoms with E-state index in [2.05, 4.69) is 18.9 Å². The fourth-order valence-electron chi connectivity index (χ4n) is 2.76. The predicted molar refractivity (Wildman–Crippen MR) is 67.8 cm³/mol. The summed E-state index contributed by atoms with van der Waals surface area (Å²) in [6, 6.07) is 0.681. The third-order valence-electron chi connectivity index (χ3n) is 3.84. The van der Waals surface area contributed by atoms with Crippen molar-refractivity contribution >= 4 is 5.91 Å². The minimum atomic E-state index is -0.0945. The molecule has 5 heteroatoms. The number of aromatic nitrogens is 2.